The third kappa shape index (κ3) is 9.45. The number of anilines is 1. The van der Waals surface area contributed by atoms with Crippen molar-refractivity contribution in [1.29, 1.82) is 0 Å². The Labute approximate surface area is 315 Å². The predicted octanol–water partition coefficient (Wildman–Crippen LogP) is 6.92. The van der Waals surface area contributed by atoms with Gasteiger partial charge < -0.3 is 21.5 Å². The molecule has 1 aliphatic rings. The van der Waals surface area contributed by atoms with Crippen LogP contribution in [0.4, 0.5) is 23.2 Å². The average molecular weight is 765 g/mol. The summed E-state index contributed by atoms with van der Waals surface area (Å²) in [7, 11) is 0. The number of hydrogen-bond acceptors (Lipinski definition) is 7. The Morgan fingerprint density at radius 1 is 0.927 bits per heavy atom. The predicted molar refractivity (Wildman–Crippen MR) is 197 cm³/mol. The van der Waals surface area contributed by atoms with E-state index in [4.69, 9.17) is 10.8 Å². The molecule has 0 unspecified atom stereocenters. The number of carbonyl (C=O) groups is 4. The van der Waals surface area contributed by atoms with E-state index in [0.717, 1.165) is 35.1 Å². The van der Waals surface area contributed by atoms with E-state index in [1.54, 1.807) is 11.2 Å². The number of nitrogens with one attached hydrogen (secondary N) is 3. The standard InChI is InChI=1S/C40H44F4N6O5/c1-22(2)46-35(52)29-14-17-32(23(3)18-29)26-8-4-24(5-9-26)19-30(20-33(51)27-10-6-25(21-45)7-11-27)36(53)47-31-15-12-28(13-16-31)34-48-37(50-49-34)39(41,42)40(43,44)38(54)55/h4-5,8-9,12-18,22,25,27,30H,6-7,10-11,19-21,45H2,1-3H3,(H,46,52)(H,47,53)(H,54,55)(H,48,49,50)/t25?,27?,30-/m1/s1. The highest BCUT2D eigenvalue weighted by molar-refractivity contribution is 5.96. The van der Waals surface area contributed by atoms with Gasteiger partial charge in [0.1, 0.15) is 5.78 Å². The van der Waals surface area contributed by atoms with E-state index in [1.807, 2.05) is 57.2 Å². The Kier molecular flexibility index (Phi) is 12.5. The third-order valence-corrected chi connectivity index (χ3v) is 9.97. The first-order chi connectivity index (χ1) is 26.0. The number of halogens is 4. The molecule has 1 saturated carbocycles. The fraction of sp³-hybridized carbons (Fsp3) is 0.400. The number of rotatable bonds is 15. The Hall–Kier alpha value is -5.44. The fourth-order valence-electron chi connectivity index (χ4n) is 6.73. The van der Waals surface area contributed by atoms with Gasteiger partial charge in [0.15, 0.2) is 5.82 Å². The van der Waals surface area contributed by atoms with Crippen LogP contribution in [0.2, 0.25) is 0 Å². The van der Waals surface area contributed by atoms with Gasteiger partial charge in [0.05, 0.1) is 0 Å². The SMILES string of the molecule is Cc1cc(C(=O)NC(C)C)ccc1-c1ccc(C[C@H](CC(=O)C2CCC(CN)CC2)C(=O)Nc2ccc(-c3n[nH]c(C(F)(F)C(F)(F)C(=O)O)n3)cc2)cc1. The van der Waals surface area contributed by atoms with E-state index in [2.05, 4.69) is 20.7 Å². The summed E-state index contributed by atoms with van der Waals surface area (Å²) in [5, 5.41) is 19.5. The van der Waals surface area contributed by atoms with Crippen molar-refractivity contribution in [3.8, 4) is 22.5 Å². The minimum atomic E-state index is -5.43. The van der Waals surface area contributed by atoms with Gasteiger partial charge in [-0.3, -0.25) is 19.5 Å². The molecule has 292 valence electrons. The number of aromatic nitrogens is 3. The molecule has 1 atom stereocenters. The molecule has 1 heterocycles. The lowest BCUT2D eigenvalue weighted by atomic mass is 9.77. The van der Waals surface area contributed by atoms with Crippen LogP contribution in [0.25, 0.3) is 22.5 Å². The Morgan fingerprint density at radius 2 is 1.56 bits per heavy atom. The minimum Gasteiger partial charge on any atom is -0.477 e. The number of alkyl halides is 4. The van der Waals surface area contributed by atoms with Gasteiger partial charge >= 0.3 is 17.8 Å². The zero-order valence-corrected chi connectivity index (χ0v) is 30.7. The zero-order chi connectivity index (χ0) is 40.1. The molecule has 55 heavy (non-hydrogen) atoms. The van der Waals surface area contributed by atoms with Crippen LogP contribution in [-0.4, -0.2) is 62.4 Å². The first kappa shape index (κ1) is 40.7. The molecular weight excluding hydrogens is 720 g/mol. The molecule has 15 heteroatoms. The molecular formula is C40H44F4N6O5. The molecule has 0 saturated heterocycles. The molecule has 0 radical (unpaired) electrons. The van der Waals surface area contributed by atoms with E-state index in [-0.39, 0.29) is 42.1 Å². The fourth-order valence-corrected chi connectivity index (χ4v) is 6.73. The minimum absolute atomic E-state index is 0.00509. The molecule has 1 fully saturated rings. The van der Waals surface area contributed by atoms with Crippen molar-refractivity contribution in [2.75, 3.05) is 11.9 Å². The van der Waals surface area contributed by atoms with Crippen LogP contribution in [-0.2, 0) is 26.7 Å². The zero-order valence-electron chi connectivity index (χ0n) is 30.7. The van der Waals surface area contributed by atoms with Crippen molar-refractivity contribution in [3.63, 3.8) is 0 Å². The number of aryl methyl sites for hydroxylation is 1. The lowest BCUT2D eigenvalue weighted by molar-refractivity contribution is -0.231. The van der Waals surface area contributed by atoms with Gasteiger partial charge in [0.25, 0.3) is 5.91 Å². The van der Waals surface area contributed by atoms with E-state index in [0.29, 0.717) is 36.6 Å². The second kappa shape index (κ2) is 16.9. The number of Topliss-reactive ketones (excluding diaryl/α,β-unsaturated/α-hetero) is 1. The van der Waals surface area contributed by atoms with Gasteiger partial charge in [-0.05, 0) is 124 Å². The summed E-state index contributed by atoms with van der Waals surface area (Å²) in [6.45, 7) is 6.29. The molecule has 11 nitrogen and oxygen atoms in total. The highest BCUT2D eigenvalue weighted by Gasteiger charge is 2.65. The highest BCUT2D eigenvalue weighted by atomic mass is 19.3. The molecule has 4 aromatic rings. The van der Waals surface area contributed by atoms with Crippen LogP contribution in [0.1, 0.15) is 73.3 Å². The summed E-state index contributed by atoms with van der Waals surface area (Å²) in [6.07, 6.45) is 3.41. The number of carbonyl (C=O) groups excluding carboxylic acids is 3. The quantitative estimate of drug-likeness (QED) is 0.0810. The van der Waals surface area contributed by atoms with Gasteiger partial charge in [0, 0.05) is 41.1 Å². The normalized spacial score (nSPS) is 16.7. The molecule has 5 rings (SSSR count). The van der Waals surface area contributed by atoms with E-state index in [1.165, 1.54) is 24.3 Å². The smallest absolute Gasteiger partial charge is 0.411 e. The number of ketones is 1. The molecule has 3 aromatic carbocycles. The van der Waals surface area contributed by atoms with Crippen LogP contribution in [0.3, 0.4) is 0 Å². The van der Waals surface area contributed by atoms with Gasteiger partial charge in [-0.15, -0.1) is 0 Å². The summed E-state index contributed by atoms with van der Waals surface area (Å²) in [5.74, 6) is -16.7. The number of amides is 2. The number of H-pyrrole nitrogens is 1. The van der Waals surface area contributed by atoms with Gasteiger partial charge in [-0.2, -0.15) is 22.7 Å². The number of nitrogens with two attached hydrogens (primary N) is 1. The summed E-state index contributed by atoms with van der Waals surface area (Å²) in [5.41, 5.74) is 10.5. The van der Waals surface area contributed by atoms with Crippen molar-refractivity contribution in [3.05, 3.63) is 89.2 Å². The van der Waals surface area contributed by atoms with Gasteiger partial charge in [-0.1, -0.05) is 30.3 Å². The summed E-state index contributed by atoms with van der Waals surface area (Å²) in [4.78, 5) is 53.9. The van der Waals surface area contributed by atoms with Crippen LogP contribution >= 0.6 is 0 Å². The lowest BCUT2D eigenvalue weighted by Gasteiger charge is -2.27. The monoisotopic (exact) mass is 764 g/mol. The molecule has 2 amide bonds. The molecule has 1 aliphatic carbocycles. The van der Waals surface area contributed by atoms with Crippen molar-refractivity contribution in [2.45, 2.75) is 77.2 Å². The van der Waals surface area contributed by atoms with E-state index in [9.17, 15) is 36.7 Å². The first-order valence-corrected chi connectivity index (χ1v) is 18.1. The lowest BCUT2D eigenvalue weighted by Crippen LogP contribution is -2.45. The Morgan fingerprint density at radius 3 is 2.15 bits per heavy atom. The average Bonchev–Trinajstić information content (AvgIpc) is 3.66. The number of benzene rings is 3. The topological polar surface area (TPSA) is 180 Å². The van der Waals surface area contributed by atoms with Crippen molar-refractivity contribution >= 4 is 29.3 Å². The molecule has 0 bridgehead atoms. The number of aliphatic carboxylic acids is 1. The van der Waals surface area contributed by atoms with Crippen LogP contribution < -0.4 is 16.4 Å². The van der Waals surface area contributed by atoms with E-state index < -0.39 is 41.3 Å². The third-order valence-electron chi connectivity index (χ3n) is 9.97. The summed E-state index contributed by atoms with van der Waals surface area (Å²) in [6, 6.07) is 18.8. The number of nitrogens with zero attached hydrogens (tertiary/aromatic N) is 2. The maximum absolute atomic E-state index is 14.2. The summed E-state index contributed by atoms with van der Waals surface area (Å²) >= 11 is 0. The Bertz CT molecular complexity index is 2010. The number of carboxylic acid groups (broad SMARTS) is 1. The van der Waals surface area contributed by atoms with Gasteiger partial charge in [-0.25, -0.2) is 9.78 Å². The molecule has 1 aromatic heterocycles. The maximum atomic E-state index is 14.2. The van der Waals surface area contributed by atoms with Crippen molar-refractivity contribution in [2.24, 2.45) is 23.5 Å². The van der Waals surface area contributed by atoms with Crippen LogP contribution in [0.5, 0.6) is 0 Å². The second-order valence-electron chi connectivity index (χ2n) is 14.4. The first-order valence-electron chi connectivity index (χ1n) is 18.1. The maximum Gasteiger partial charge on any atom is 0.411 e. The second-order valence-corrected chi connectivity index (χ2v) is 14.4. The molecule has 6 N–H and O–H groups in total. The number of hydrogen-bond donors (Lipinski definition) is 5. The van der Waals surface area contributed by atoms with Crippen LogP contribution in [0.15, 0.2) is 66.7 Å². The van der Waals surface area contributed by atoms with E-state index >= 15 is 0 Å². The molecule has 0 aliphatic heterocycles. The highest BCUT2D eigenvalue weighted by Crippen LogP contribution is 2.42. The van der Waals surface area contributed by atoms with Crippen molar-refractivity contribution in [1.82, 2.24) is 20.5 Å². The number of aromatic amines is 1. The van der Waals surface area contributed by atoms with Crippen molar-refractivity contribution < 1.29 is 41.8 Å². The molecule has 0 spiro atoms. The van der Waals surface area contributed by atoms with Gasteiger partial charge in [0.2, 0.25) is 11.7 Å². The summed E-state index contributed by atoms with van der Waals surface area (Å²) < 4.78 is 55.8. The Balaban J connectivity index is 1.31. The number of carboxylic acids is 1. The largest absolute Gasteiger partial charge is 0.477 e. The van der Waals surface area contributed by atoms with Crippen LogP contribution in [0, 0.1) is 24.7 Å².